The first-order chi connectivity index (χ1) is 15.3. The number of sulfone groups is 1. The van der Waals surface area contributed by atoms with Gasteiger partial charge in [-0.2, -0.15) is 5.10 Å². The van der Waals surface area contributed by atoms with Crippen LogP contribution >= 0.6 is 0 Å². The number of aryl methyl sites for hydroxylation is 2. The Labute approximate surface area is 188 Å². The molecule has 1 amide bonds. The van der Waals surface area contributed by atoms with Crippen LogP contribution in [0.15, 0.2) is 24.3 Å². The molecule has 9 heteroatoms. The van der Waals surface area contributed by atoms with Gasteiger partial charge in [0.2, 0.25) is 0 Å². The molecule has 4 heterocycles. The van der Waals surface area contributed by atoms with Crippen molar-refractivity contribution in [3.63, 3.8) is 0 Å². The van der Waals surface area contributed by atoms with Crippen LogP contribution in [0.25, 0.3) is 11.3 Å². The molecule has 0 aliphatic carbocycles. The van der Waals surface area contributed by atoms with Crippen LogP contribution in [0.5, 0.6) is 0 Å². The Kier molecular flexibility index (Phi) is 5.38. The van der Waals surface area contributed by atoms with Gasteiger partial charge in [-0.25, -0.2) is 8.42 Å². The van der Waals surface area contributed by atoms with E-state index in [1.54, 1.807) is 9.58 Å². The number of hydrogen-bond acceptors (Lipinski definition) is 6. The van der Waals surface area contributed by atoms with Crippen LogP contribution in [0.4, 0.5) is 0 Å². The maximum Gasteiger partial charge on any atom is 0.274 e. The highest BCUT2D eigenvalue weighted by Crippen LogP contribution is 2.34. The molecule has 5 rings (SSSR count). The highest BCUT2D eigenvalue weighted by atomic mass is 32.2. The molecule has 1 atom stereocenters. The van der Waals surface area contributed by atoms with Gasteiger partial charge in [0.25, 0.3) is 5.91 Å². The van der Waals surface area contributed by atoms with Crippen LogP contribution in [0, 0.1) is 13.8 Å². The lowest BCUT2D eigenvalue weighted by atomic mass is 10.0. The van der Waals surface area contributed by atoms with Crippen LogP contribution < -0.4 is 0 Å². The lowest BCUT2D eigenvalue weighted by Crippen LogP contribution is -2.47. The molecule has 2 aromatic rings. The van der Waals surface area contributed by atoms with E-state index >= 15 is 0 Å². The van der Waals surface area contributed by atoms with Crippen LogP contribution in [-0.4, -0.2) is 72.6 Å². The van der Waals surface area contributed by atoms with Crippen molar-refractivity contribution in [1.29, 1.82) is 0 Å². The van der Waals surface area contributed by atoms with E-state index in [2.05, 4.69) is 18.1 Å². The SMILES string of the molecule is Cc1ccc(-c2cc(C(=O)N3CCC4(CC3)OCCO4)nn2C2CCS(=O)(=O)C2)cc1C. The third-order valence-electron chi connectivity index (χ3n) is 6.94. The summed E-state index contributed by atoms with van der Waals surface area (Å²) in [5.41, 5.74) is 4.40. The summed E-state index contributed by atoms with van der Waals surface area (Å²) in [5.74, 6) is -0.469. The molecule has 0 radical (unpaired) electrons. The third-order valence-corrected chi connectivity index (χ3v) is 8.69. The first-order valence-corrected chi connectivity index (χ1v) is 13.0. The molecule has 1 spiro atoms. The van der Waals surface area contributed by atoms with Crippen molar-refractivity contribution >= 4 is 15.7 Å². The zero-order valence-corrected chi connectivity index (χ0v) is 19.4. The van der Waals surface area contributed by atoms with Gasteiger partial charge in [-0.05, 0) is 43.5 Å². The minimum absolute atomic E-state index is 0.0566. The number of carbonyl (C=O) groups excluding carboxylic acids is 1. The number of rotatable bonds is 3. The Morgan fingerprint density at radius 2 is 1.81 bits per heavy atom. The van der Waals surface area contributed by atoms with E-state index in [1.165, 1.54) is 5.56 Å². The predicted octanol–water partition coefficient (Wildman–Crippen LogP) is 2.51. The summed E-state index contributed by atoms with van der Waals surface area (Å²) in [6.07, 6.45) is 1.80. The Morgan fingerprint density at radius 3 is 2.44 bits per heavy atom. The van der Waals surface area contributed by atoms with Gasteiger partial charge in [0, 0.05) is 31.5 Å². The van der Waals surface area contributed by atoms with Crippen molar-refractivity contribution in [2.75, 3.05) is 37.8 Å². The van der Waals surface area contributed by atoms with E-state index < -0.39 is 15.6 Å². The number of aromatic nitrogens is 2. The molecule has 1 unspecified atom stereocenters. The van der Waals surface area contributed by atoms with Gasteiger partial charge in [0.05, 0.1) is 36.5 Å². The van der Waals surface area contributed by atoms with E-state index in [4.69, 9.17) is 9.47 Å². The predicted molar refractivity (Wildman–Crippen MR) is 119 cm³/mol. The van der Waals surface area contributed by atoms with E-state index in [0.717, 1.165) is 16.8 Å². The maximum atomic E-state index is 13.3. The lowest BCUT2D eigenvalue weighted by molar-refractivity contribution is -0.181. The largest absolute Gasteiger partial charge is 0.347 e. The van der Waals surface area contributed by atoms with Crippen molar-refractivity contribution < 1.29 is 22.7 Å². The highest BCUT2D eigenvalue weighted by Gasteiger charge is 2.41. The first-order valence-electron chi connectivity index (χ1n) is 11.2. The van der Waals surface area contributed by atoms with Gasteiger partial charge in [-0.1, -0.05) is 12.1 Å². The molecule has 1 aromatic carbocycles. The Balaban J connectivity index is 1.45. The molecule has 8 nitrogen and oxygen atoms in total. The summed E-state index contributed by atoms with van der Waals surface area (Å²) < 4.78 is 37.6. The Morgan fingerprint density at radius 1 is 1.09 bits per heavy atom. The van der Waals surface area contributed by atoms with Crippen molar-refractivity contribution in [3.05, 3.63) is 41.1 Å². The summed E-state index contributed by atoms with van der Waals surface area (Å²) >= 11 is 0. The molecular formula is C23H29N3O5S. The summed E-state index contributed by atoms with van der Waals surface area (Å²) in [5, 5.41) is 4.65. The molecule has 3 aliphatic rings. The Bertz CT molecular complexity index is 1140. The molecule has 1 aromatic heterocycles. The zero-order valence-electron chi connectivity index (χ0n) is 18.5. The topological polar surface area (TPSA) is 90.7 Å². The fraction of sp³-hybridized carbons (Fsp3) is 0.565. The second-order valence-corrected chi connectivity index (χ2v) is 11.3. The summed E-state index contributed by atoms with van der Waals surface area (Å²) in [6, 6.07) is 7.67. The monoisotopic (exact) mass is 459 g/mol. The fourth-order valence-electron chi connectivity index (χ4n) is 4.86. The zero-order chi connectivity index (χ0) is 22.5. The molecule has 32 heavy (non-hydrogen) atoms. The number of carbonyl (C=O) groups is 1. The fourth-order valence-corrected chi connectivity index (χ4v) is 6.55. The number of amides is 1. The van der Waals surface area contributed by atoms with Gasteiger partial charge < -0.3 is 14.4 Å². The molecular weight excluding hydrogens is 430 g/mol. The van der Waals surface area contributed by atoms with Crippen LogP contribution in [0.2, 0.25) is 0 Å². The maximum absolute atomic E-state index is 13.3. The number of benzene rings is 1. The highest BCUT2D eigenvalue weighted by molar-refractivity contribution is 7.91. The average Bonchev–Trinajstić information content (AvgIpc) is 3.49. The van der Waals surface area contributed by atoms with Crippen molar-refractivity contribution in [1.82, 2.24) is 14.7 Å². The van der Waals surface area contributed by atoms with E-state index in [1.807, 2.05) is 25.1 Å². The van der Waals surface area contributed by atoms with Gasteiger partial charge in [0.15, 0.2) is 21.3 Å². The number of ether oxygens (including phenoxy) is 2. The van der Waals surface area contributed by atoms with Crippen LogP contribution in [0.3, 0.4) is 0 Å². The smallest absolute Gasteiger partial charge is 0.274 e. The molecule has 0 N–H and O–H groups in total. The minimum atomic E-state index is -3.09. The molecule has 3 aliphatic heterocycles. The van der Waals surface area contributed by atoms with Gasteiger partial charge in [0.1, 0.15) is 0 Å². The molecule has 172 valence electrons. The number of nitrogens with zero attached hydrogens (tertiary/aromatic N) is 3. The van der Waals surface area contributed by atoms with Crippen LogP contribution in [0.1, 0.15) is 46.9 Å². The van der Waals surface area contributed by atoms with E-state index in [-0.39, 0.29) is 23.5 Å². The first kappa shape index (κ1) is 21.6. The molecule has 0 saturated carbocycles. The normalized spacial score (nSPS) is 24.3. The summed E-state index contributed by atoms with van der Waals surface area (Å²) in [7, 11) is -3.09. The van der Waals surface area contributed by atoms with Crippen molar-refractivity contribution in [2.24, 2.45) is 0 Å². The van der Waals surface area contributed by atoms with Gasteiger partial charge in [-0.3, -0.25) is 9.48 Å². The summed E-state index contributed by atoms with van der Waals surface area (Å²) in [6.45, 7) is 6.38. The second kappa shape index (κ2) is 7.97. The van der Waals surface area contributed by atoms with Crippen LogP contribution in [-0.2, 0) is 19.3 Å². The number of piperidine rings is 1. The van der Waals surface area contributed by atoms with Crippen molar-refractivity contribution in [2.45, 2.75) is 44.9 Å². The summed E-state index contributed by atoms with van der Waals surface area (Å²) in [4.78, 5) is 15.1. The van der Waals surface area contributed by atoms with Crippen molar-refractivity contribution in [3.8, 4) is 11.3 Å². The minimum Gasteiger partial charge on any atom is -0.347 e. The number of likely N-dealkylation sites (tertiary alicyclic amines) is 1. The Hall–Kier alpha value is -2.23. The van der Waals surface area contributed by atoms with Gasteiger partial charge in [-0.15, -0.1) is 0 Å². The van der Waals surface area contributed by atoms with E-state index in [0.29, 0.717) is 51.3 Å². The van der Waals surface area contributed by atoms with Gasteiger partial charge >= 0.3 is 0 Å². The third kappa shape index (κ3) is 3.97. The standard InChI is InChI=1S/C23H29N3O5S/c1-16-3-4-18(13-17(16)2)21-14-20(24-26(21)19-5-12-32(28,29)15-19)22(27)25-8-6-23(7-9-25)30-10-11-31-23/h3-4,13-14,19H,5-12,15H2,1-2H3. The molecule has 0 bridgehead atoms. The quantitative estimate of drug-likeness (QED) is 0.701. The van der Waals surface area contributed by atoms with E-state index in [9.17, 15) is 13.2 Å². The molecule has 3 saturated heterocycles. The lowest BCUT2D eigenvalue weighted by Gasteiger charge is -2.37. The average molecular weight is 460 g/mol. The molecule has 3 fully saturated rings. The number of hydrogen-bond donors (Lipinski definition) is 0. The second-order valence-electron chi connectivity index (χ2n) is 9.12.